The minimum atomic E-state index is -0.436. The zero-order chi connectivity index (χ0) is 17.4. The van der Waals surface area contributed by atoms with Crippen molar-refractivity contribution in [2.75, 3.05) is 25.0 Å². The van der Waals surface area contributed by atoms with Crippen molar-refractivity contribution in [3.8, 4) is 6.07 Å². The normalized spacial score (nSPS) is 14.4. The fraction of sp³-hybridized carbons (Fsp3) is 0.389. The van der Waals surface area contributed by atoms with Crippen molar-refractivity contribution in [1.29, 1.82) is 5.26 Å². The van der Waals surface area contributed by atoms with Crippen molar-refractivity contribution >= 4 is 17.5 Å². The Bertz CT molecular complexity index is 676. The van der Waals surface area contributed by atoms with E-state index in [9.17, 15) is 9.59 Å². The minimum absolute atomic E-state index is 0.0236. The van der Waals surface area contributed by atoms with Gasteiger partial charge < -0.3 is 15.5 Å². The fourth-order valence-electron chi connectivity index (χ4n) is 2.54. The van der Waals surface area contributed by atoms with E-state index in [1.807, 2.05) is 36.1 Å². The standard InChI is InChI=1S/C18H22N4O2/c1-14-6-2-3-7-16(14)21-18(24)15(12-19)13-20-9-5-11-22-10-4-8-17(22)23/h2-3,6-7,13,20H,4-5,8-11H2,1H3,(H,21,24)/b15-13-. The van der Waals surface area contributed by atoms with Crippen LogP contribution in [-0.2, 0) is 9.59 Å². The SMILES string of the molecule is Cc1ccccc1NC(=O)/C(C#N)=C\NCCCN1CCCC1=O. The van der Waals surface area contributed by atoms with Crippen molar-refractivity contribution in [2.24, 2.45) is 0 Å². The molecule has 1 aromatic rings. The summed E-state index contributed by atoms with van der Waals surface area (Å²) in [6.45, 7) is 4.03. The van der Waals surface area contributed by atoms with Crippen LogP contribution < -0.4 is 10.6 Å². The van der Waals surface area contributed by atoms with Gasteiger partial charge in [-0.05, 0) is 31.4 Å². The van der Waals surface area contributed by atoms with Gasteiger partial charge in [-0.1, -0.05) is 18.2 Å². The molecule has 0 aliphatic carbocycles. The van der Waals surface area contributed by atoms with Crippen LogP contribution in [0.25, 0.3) is 0 Å². The number of amides is 2. The van der Waals surface area contributed by atoms with E-state index >= 15 is 0 Å². The molecule has 2 amide bonds. The highest BCUT2D eigenvalue weighted by Gasteiger charge is 2.18. The van der Waals surface area contributed by atoms with Gasteiger partial charge in [0.05, 0.1) is 0 Å². The number of aryl methyl sites for hydroxylation is 1. The molecule has 24 heavy (non-hydrogen) atoms. The number of hydrogen-bond donors (Lipinski definition) is 2. The zero-order valence-corrected chi connectivity index (χ0v) is 13.8. The number of benzene rings is 1. The van der Waals surface area contributed by atoms with Crippen LogP contribution in [0.5, 0.6) is 0 Å². The molecule has 1 saturated heterocycles. The Balaban J connectivity index is 1.78. The van der Waals surface area contributed by atoms with E-state index in [0.29, 0.717) is 25.2 Å². The Kier molecular flexibility index (Phi) is 6.38. The van der Waals surface area contributed by atoms with Gasteiger partial charge in [-0.2, -0.15) is 5.26 Å². The first kappa shape index (κ1) is 17.5. The van der Waals surface area contributed by atoms with Crippen molar-refractivity contribution in [3.63, 3.8) is 0 Å². The van der Waals surface area contributed by atoms with Crippen molar-refractivity contribution in [3.05, 3.63) is 41.6 Å². The maximum absolute atomic E-state index is 12.1. The molecule has 2 N–H and O–H groups in total. The number of nitriles is 1. The van der Waals surface area contributed by atoms with Crippen LogP contribution in [-0.4, -0.2) is 36.3 Å². The Morgan fingerprint density at radius 2 is 2.21 bits per heavy atom. The summed E-state index contributed by atoms with van der Waals surface area (Å²) in [7, 11) is 0. The van der Waals surface area contributed by atoms with E-state index in [0.717, 1.165) is 24.9 Å². The van der Waals surface area contributed by atoms with Gasteiger partial charge in [0.2, 0.25) is 5.91 Å². The first-order valence-electron chi connectivity index (χ1n) is 8.10. The molecule has 0 bridgehead atoms. The first-order chi connectivity index (χ1) is 11.6. The van der Waals surface area contributed by atoms with Gasteiger partial charge >= 0.3 is 0 Å². The van der Waals surface area contributed by atoms with Gasteiger partial charge in [-0.25, -0.2) is 0 Å². The molecule has 0 spiro atoms. The van der Waals surface area contributed by atoms with Gasteiger partial charge in [0.1, 0.15) is 11.6 Å². The number of likely N-dealkylation sites (tertiary alicyclic amines) is 1. The lowest BCUT2D eigenvalue weighted by molar-refractivity contribution is -0.127. The maximum atomic E-state index is 12.1. The summed E-state index contributed by atoms with van der Waals surface area (Å²) >= 11 is 0. The third-order valence-corrected chi connectivity index (χ3v) is 3.93. The van der Waals surface area contributed by atoms with E-state index in [4.69, 9.17) is 5.26 Å². The van der Waals surface area contributed by atoms with Crippen LogP contribution in [0.1, 0.15) is 24.8 Å². The summed E-state index contributed by atoms with van der Waals surface area (Å²) in [6.07, 6.45) is 3.79. The molecule has 0 aromatic heterocycles. The zero-order valence-electron chi connectivity index (χ0n) is 13.8. The number of carbonyl (C=O) groups is 2. The van der Waals surface area contributed by atoms with E-state index in [1.54, 1.807) is 6.07 Å². The molecule has 0 saturated carbocycles. The molecule has 6 heteroatoms. The van der Waals surface area contributed by atoms with Gasteiger partial charge in [0, 0.05) is 37.9 Å². The predicted molar refractivity (Wildman–Crippen MR) is 91.9 cm³/mol. The average Bonchev–Trinajstić information content (AvgIpc) is 2.98. The van der Waals surface area contributed by atoms with Crippen molar-refractivity contribution < 1.29 is 9.59 Å². The molecule has 0 unspecified atom stereocenters. The number of hydrogen-bond acceptors (Lipinski definition) is 4. The molecule has 1 aliphatic heterocycles. The lowest BCUT2D eigenvalue weighted by atomic mass is 10.2. The summed E-state index contributed by atoms with van der Waals surface area (Å²) in [6, 6.07) is 9.31. The van der Waals surface area contributed by atoms with Gasteiger partial charge in [-0.3, -0.25) is 9.59 Å². The summed E-state index contributed by atoms with van der Waals surface area (Å²) in [5, 5.41) is 14.8. The lowest BCUT2D eigenvalue weighted by Crippen LogP contribution is -2.27. The van der Waals surface area contributed by atoms with Crippen LogP contribution in [0.15, 0.2) is 36.0 Å². The molecular weight excluding hydrogens is 304 g/mol. The fourth-order valence-corrected chi connectivity index (χ4v) is 2.54. The number of anilines is 1. The molecule has 2 rings (SSSR count). The second-order valence-electron chi connectivity index (χ2n) is 5.73. The molecule has 0 radical (unpaired) electrons. The predicted octanol–water partition coefficient (Wildman–Crippen LogP) is 1.94. The van der Waals surface area contributed by atoms with Crippen LogP contribution in [0.3, 0.4) is 0 Å². The summed E-state index contributed by atoms with van der Waals surface area (Å²) < 4.78 is 0. The van der Waals surface area contributed by atoms with Gasteiger partial charge in [-0.15, -0.1) is 0 Å². The summed E-state index contributed by atoms with van der Waals surface area (Å²) in [4.78, 5) is 25.4. The number of carbonyl (C=O) groups excluding carboxylic acids is 2. The van der Waals surface area contributed by atoms with Crippen LogP contribution in [0.4, 0.5) is 5.69 Å². The molecule has 0 atom stereocenters. The monoisotopic (exact) mass is 326 g/mol. The Morgan fingerprint density at radius 3 is 2.88 bits per heavy atom. The molecule has 1 aliphatic rings. The Morgan fingerprint density at radius 1 is 1.42 bits per heavy atom. The lowest BCUT2D eigenvalue weighted by Gasteiger charge is -2.14. The Labute approximate surface area is 142 Å². The largest absolute Gasteiger partial charge is 0.390 e. The topological polar surface area (TPSA) is 85.2 Å². The van der Waals surface area contributed by atoms with E-state index in [1.165, 1.54) is 6.20 Å². The molecule has 1 heterocycles. The summed E-state index contributed by atoms with van der Waals surface area (Å²) in [5.41, 5.74) is 1.65. The van der Waals surface area contributed by atoms with Crippen LogP contribution in [0, 0.1) is 18.3 Å². The first-order valence-corrected chi connectivity index (χ1v) is 8.10. The highest BCUT2D eigenvalue weighted by molar-refractivity contribution is 6.06. The molecule has 6 nitrogen and oxygen atoms in total. The third kappa shape index (κ3) is 4.85. The summed E-state index contributed by atoms with van der Waals surface area (Å²) in [5.74, 6) is -0.227. The maximum Gasteiger partial charge on any atom is 0.267 e. The number of nitrogens with one attached hydrogen (secondary N) is 2. The number of rotatable bonds is 7. The van der Waals surface area contributed by atoms with E-state index < -0.39 is 5.91 Å². The van der Waals surface area contributed by atoms with Gasteiger partial charge in [0.25, 0.3) is 5.91 Å². The number of nitrogens with zero attached hydrogens (tertiary/aromatic N) is 2. The Hall–Kier alpha value is -2.81. The highest BCUT2D eigenvalue weighted by Crippen LogP contribution is 2.14. The van der Waals surface area contributed by atoms with E-state index in [-0.39, 0.29) is 11.5 Å². The molecule has 126 valence electrons. The molecule has 1 aromatic carbocycles. The third-order valence-electron chi connectivity index (χ3n) is 3.93. The van der Waals surface area contributed by atoms with E-state index in [2.05, 4.69) is 10.6 Å². The van der Waals surface area contributed by atoms with Crippen molar-refractivity contribution in [1.82, 2.24) is 10.2 Å². The highest BCUT2D eigenvalue weighted by atomic mass is 16.2. The molecule has 1 fully saturated rings. The minimum Gasteiger partial charge on any atom is -0.390 e. The van der Waals surface area contributed by atoms with Crippen LogP contribution in [0.2, 0.25) is 0 Å². The van der Waals surface area contributed by atoms with Crippen molar-refractivity contribution in [2.45, 2.75) is 26.2 Å². The smallest absolute Gasteiger partial charge is 0.267 e. The number of para-hydroxylation sites is 1. The van der Waals surface area contributed by atoms with Gasteiger partial charge in [0.15, 0.2) is 0 Å². The van der Waals surface area contributed by atoms with Crippen LogP contribution >= 0.6 is 0 Å². The quantitative estimate of drug-likeness (QED) is 0.455. The molecular formula is C18H22N4O2. The second-order valence-corrected chi connectivity index (χ2v) is 5.73. The average molecular weight is 326 g/mol. The second kappa shape index (κ2) is 8.73.